The van der Waals surface area contributed by atoms with Gasteiger partial charge in [-0.25, -0.2) is 0 Å². The molecule has 0 heterocycles. The van der Waals surface area contributed by atoms with Gasteiger partial charge in [0.05, 0.1) is 6.61 Å². The molecule has 4 nitrogen and oxygen atoms in total. The Morgan fingerprint density at radius 2 is 2.22 bits per heavy atom. The number of hydrogen-bond donors (Lipinski definition) is 2. The predicted octanol–water partition coefficient (Wildman–Crippen LogP) is 1.40. The van der Waals surface area contributed by atoms with Gasteiger partial charge in [-0.2, -0.15) is 0 Å². The van der Waals surface area contributed by atoms with E-state index in [9.17, 15) is 4.79 Å². The maximum atomic E-state index is 10.7. The first kappa shape index (κ1) is 14.5. The number of carbonyl (C=O) groups is 1. The molecule has 4 heteroatoms. The van der Waals surface area contributed by atoms with E-state index in [1.807, 2.05) is 38.5 Å². The van der Waals surface area contributed by atoms with E-state index in [1.54, 1.807) is 0 Å². The van der Waals surface area contributed by atoms with Crippen molar-refractivity contribution in [2.24, 2.45) is 17.4 Å². The molecule has 0 aliphatic rings. The summed E-state index contributed by atoms with van der Waals surface area (Å²) in [6.07, 6.45) is 2.31. The van der Waals surface area contributed by atoms with Crippen LogP contribution >= 0.6 is 0 Å². The molecule has 0 aliphatic carbocycles. The van der Waals surface area contributed by atoms with Crippen LogP contribution < -0.4 is 16.2 Å². The molecule has 1 aromatic rings. The first-order chi connectivity index (χ1) is 8.52. The SMILES string of the molecule is Cc1cc(OC[C@@H](C)CC(N)=O)ccc1[CH]CN. The summed E-state index contributed by atoms with van der Waals surface area (Å²) in [5.41, 5.74) is 12.9. The Labute approximate surface area is 108 Å². The third kappa shape index (κ3) is 4.75. The average Bonchev–Trinajstić information content (AvgIpc) is 2.29. The largest absolute Gasteiger partial charge is 0.493 e. The van der Waals surface area contributed by atoms with E-state index < -0.39 is 0 Å². The Morgan fingerprint density at radius 1 is 1.50 bits per heavy atom. The van der Waals surface area contributed by atoms with Gasteiger partial charge in [-0.3, -0.25) is 4.79 Å². The van der Waals surface area contributed by atoms with Crippen LogP contribution in [0.1, 0.15) is 24.5 Å². The van der Waals surface area contributed by atoms with E-state index in [-0.39, 0.29) is 11.8 Å². The molecule has 1 atom stereocenters. The van der Waals surface area contributed by atoms with Crippen molar-refractivity contribution >= 4 is 5.91 Å². The third-order valence-corrected chi connectivity index (χ3v) is 2.66. The molecule has 18 heavy (non-hydrogen) atoms. The van der Waals surface area contributed by atoms with Crippen molar-refractivity contribution in [1.29, 1.82) is 0 Å². The van der Waals surface area contributed by atoms with Crippen LogP contribution in [0.3, 0.4) is 0 Å². The van der Waals surface area contributed by atoms with Crippen LogP contribution in [-0.4, -0.2) is 19.1 Å². The van der Waals surface area contributed by atoms with Gasteiger partial charge in [-0.1, -0.05) is 13.0 Å². The summed E-state index contributed by atoms with van der Waals surface area (Å²) in [6.45, 7) is 4.97. The molecular weight excluding hydrogens is 228 g/mol. The van der Waals surface area contributed by atoms with Crippen LogP contribution in [0.25, 0.3) is 0 Å². The lowest BCUT2D eigenvalue weighted by atomic mass is 10.1. The van der Waals surface area contributed by atoms with E-state index in [2.05, 4.69) is 0 Å². The number of aryl methyl sites for hydroxylation is 1. The number of primary amides is 1. The topological polar surface area (TPSA) is 78.3 Å². The summed E-state index contributed by atoms with van der Waals surface area (Å²) in [6, 6.07) is 5.86. The molecule has 0 saturated heterocycles. The van der Waals surface area contributed by atoms with Crippen LogP contribution in [0.5, 0.6) is 5.75 Å². The summed E-state index contributed by atoms with van der Waals surface area (Å²) in [5.74, 6) is 0.631. The lowest BCUT2D eigenvalue weighted by Gasteiger charge is -2.13. The highest BCUT2D eigenvalue weighted by Crippen LogP contribution is 2.19. The Balaban J connectivity index is 2.53. The second-order valence-corrected chi connectivity index (χ2v) is 4.54. The van der Waals surface area contributed by atoms with E-state index in [0.717, 1.165) is 16.9 Å². The Hall–Kier alpha value is -1.55. The van der Waals surface area contributed by atoms with Gasteiger partial charge in [0.2, 0.25) is 5.91 Å². The van der Waals surface area contributed by atoms with Crippen molar-refractivity contribution in [3.8, 4) is 5.75 Å². The van der Waals surface area contributed by atoms with Crippen LogP contribution in [0.2, 0.25) is 0 Å². The zero-order valence-corrected chi connectivity index (χ0v) is 11.0. The number of hydrogen-bond acceptors (Lipinski definition) is 3. The fourth-order valence-electron chi connectivity index (χ4n) is 1.73. The molecule has 0 saturated carbocycles. The molecule has 0 unspecified atom stereocenters. The minimum atomic E-state index is -0.296. The van der Waals surface area contributed by atoms with Crippen molar-refractivity contribution in [1.82, 2.24) is 0 Å². The second-order valence-electron chi connectivity index (χ2n) is 4.54. The third-order valence-electron chi connectivity index (χ3n) is 2.66. The van der Waals surface area contributed by atoms with Gasteiger partial charge in [-0.15, -0.1) is 0 Å². The van der Waals surface area contributed by atoms with Crippen LogP contribution in [-0.2, 0) is 4.79 Å². The van der Waals surface area contributed by atoms with Crippen LogP contribution in [0, 0.1) is 19.3 Å². The van der Waals surface area contributed by atoms with Crippen molar-refractivity contribution in [2.75, 3.05) is 13.2 Å². The van der Waals surface area contributed by atoms with Crippen molar-refractivity contribution in [2.45, 2.75) is 20.3 Å². The maximum absolute atomic E-state index is 10.7. The van der Waals surface area contributed by atoms with Gasteiger partial charge in [0.25, 0.3) is 0 Å². The molecule has 0 aliphatic heterocycles. The van der Waals surface area contributed by atoms with E-state index >= 15 is 0 Å². The minimum Gasteiger partial charge on any atom is -0.493 e. The molecule has 0 aromatic heterocycles. The zero-order chi connectivity index (χ0) is 13.5. The van der Waals surface area contributed by atoms with Crippen molar-refractivity contribution in [3.05, 3.63) is 35.7 Å². The number of benzene rings is 1. The lowest BCUT2D eigenvalue weighted by molar-refractivity contribution is -0.119. The molecule has 1 aromatic carbocycles. The molecule has 0 fully saturated rings. The number of ether oxygens (including phenoxy) is 1. The fourth-order valence-corrected chi connectivity index (χ4v) is 1.73. The molecular formula is C14H21N2O2. The van der Waals surface area contributed by atoms with Crippen molar-refractivity contribution in [3.63, 3.8) is 0 Å². The molecule has 0 spiro atoms. The summed E-state index contributed by atoms with van der Waals surface area (Å²) in [4.78, 5) is 10.7. The van der Waals surface area contributed by atoms with Crippen LogP contribution in [0.4, 0.5) is 0 Å². The standard InChI is InChI=1S/C14H21N2O2/c1-10(7-14(16)17)9-18-13-4-3-12(5-6-15)11(2)8-13/h3-5,8,10H,6-7,9,15H2,1-2H3,(H2,16,17)/t10-/m0/s1. The first-order valence-electron chi connectivity index (χ1n) is 6.08. The number of amides is 1. The van der Waals surface area contributed by atoms with E-state index in [1.165, 1.54) is 0 Å². The van der Waals surface area contributed by atoms with E-state index in [4.69, 9.17) is 16.2 Å². The average molecular weight is 249 g/mol. The van der Waals surface area contributed by atoms with Gasteiger partial charge >= 0.3 is 0 Å². The molecule has 0 bridgehead atoms. The molecule has 1 amide bonds. The summed E-state index contributed by atoms with van der Waals surface area (Å²) in [7, 11) is 0. The lowest BCUT2D eigenvalue weighted by Crippen LogP contribution is -2.19. The number of carbonyl (C=O) groups excluding carboxylic acids is 1. The van der Waals surface area contributed by atoms with Gasteiger partial charge < -0.3 is 16.2 Å². The maximum Gasteiger partial charge on any atom is 0.217 e. The normalized spacial score (nSPS) is 12.2. The van der Waals surface area contributed by atoms with Crippen molar-refractivity contribution < 1.29 is 9.53 Å². The highest BCUT2D eigenvalue weighted by molar-refractivity contribution is 5.73. The smallest absolute Gasteiger partial charge is 0.217 e. The Kier molecular flexibility index (Phi) is 5.65. The Bertz CT molecular complexity index is 405. The van der Waals surface area contributed by atoms with Gasteiger partial charge in [0.1, 0.15) is 5.75 Å². The monoisotopic (exact) mass is 249 g/mol. The fraction of sp³-hybridized carbons (Fsp3) is 0.429. The van der Waals surface area contributed by atoms with Gasteiger partial charge in [0, 0.05) is 12.8 Å². The molecule has 1 radical (unpaired) electrons. The summed E-state index contributed by atoms with van der Waals surface area (Å²) >= 11 is 0. The van der Waals surface area contributed by atoms with Gasteiger partial charge in [-0.05, 0) is 42.6 Å². The van der Waals surface area contributed by atoms with Gasteiger partial charge in [0.15, 0.2) is 0 Å². The molecule has 1 rings (SSSR count). The highest BCUT2D eigenvalue weighted by Gasteiger charge is 2.07. The number of nitrogens with two attached hydrogens (primary N) is 2. The zero-order valence-electron chi connectivity index (χ0n) is 11.0. The first-order valence-corrected chi connectivity index (χ1v) is 6.08. The minimum absolute atomic E-state index is 0.123. The highest BCUT2D eigenvalue weighted by atomic mass is 16.5. The summed E-state index contributed by atoms with van der Waals surface area (Å²) < 4.78 is 5.63. The molecule has 4 N–H and O–H groups in total. The number of rotatable bonds is 7. The molecule has 99 valence electrons. The van der Waals surface area contributed by atoms with Crippen LogP contribution in [0.15, 0.2) is 18.2 Å². The predicted molar refractivity (Wildman–Crippen MR) is 72.1 cm³/mol. The Morgan fingerprint density at radius 3 is 2.78 bits per heavy atom. The second kappa shape index (κ2) is 7.01. The summed E-state index contributed by atoms with van der Waals surface area (Å²) in [5, 5.41) is 0. The quantitative estimate of drug-likeness (QED) is 0.766. The van der Waals surface area contributed by atoms with E-state index in [0.29, 0.717) is 19.6 Å².